The second-order valence-corrected chi connectivity index (χ2v) is 8.96. The lowest BCUT2D eigenvalue weighted by Gasteiger charge is -2.31. The molecular formula is C20H23BrN4O2S. The first-order valence-corrected chi connectivity index (χ1v) is 11.3. The molecule has 0 unspecified atom stereocenters. The molecule has 0 radical (unpaired) electrons. The number of nitrogens with one attached hydrogen (secondary N) is 1. The van der Waals surface area contributed by atoms with Gasteiger partial charge in [0, 0.05) is 11.0 Å². The molecule has 0 spiro atoms. The standard InChI is InChI=1S/C20H23BrN4O2S/c1-2-10-25-18(27)15-11-14(21)6-7-16(15)23-19(25)28-12-17(26)24-20(13-22)8-4-3-5-9-20/h6-7,11H,2-5,8-10,12H2,1H3,(H,24,26). The third kappa shape index (κ3) is 4.58. The van der Waals surface area contributed by atoms with Crippen LogP contribution in [0.5, 0.6) is 0 Å². The van der Waals surface area contributed by atoms with Crippen LogP contribution >= 0.6 is 27.7 Å². The lowest BCUT2D eigenvalue weighted by Crippen LogP contribution is -2.49. The van der Waals surface area contributed by atoms with E-state index in [-0.39, 0.29) is 17.2 Å². The van der Waals surface area contributed by atoms with Crippen LogP contribution in [0.15, 0.2) is 32.6 Å². The Balaban J connectivity index is 1.80. The van der Waals surface area contributed by atoms with Crippen molar-refractivity contribution in [1.82, 2.24) is 14.9 Å². The van der Waals surface area contributed by atoms with Crippen molar-refractivity contribution >= 4 is 44.5 Å². The summed E-state index contributed by atoms with van der Waals surface area (Å²) in [5.74, 6) is -0.0663. The van der Waals surface area contributed by atoms with E-state index in [1.807, 2.05) is 13.0 Å². The van der Waals surface area contributed by atoms with Crippen LogP contribution in [0.1, 0.15) is 45.4 Å². The van der Waals surface area contributed by atoms with E-state index < -0.39 is 5.54 Å². The quantitative estimate of drug-likeness (QED) is 0.517. The second kappa shape index (κ2) is 9.10. The summed E-state index contributed by atoms with van der Waals surface area (Å²) in [6.45, 7) is 2.54. The van der Waals surface area contributed by atoms with E-state index in [4.69, 9.17) is 0 Å². The van der Waals surface area contributed by atoms with Gasteiger partial charge in [-0.2, -0.15) is 5.26 Å². The highest BCUT2D eigenvalue weighted by atomic mass is 79.9. The van der Waals surface area contributed by atoms with Gasteiger partial charge in [-0.3, -0.25) is 14.2 Å². The van der Waals surface area contributed by atoms with Crippen molar-refractivity contribution in [3.63, 3.8) is 0 Å². The SMILES string of the molecule is CCCn1c(SCC(=O)NC2(C#N)CCCCC2)nc2ccc(Br)cc2c1=O. The van der Waals surface area contributed by atoms with Gasteiger partial charge in [0.2, 0.25) is 5.91 Å². The molecule has 0 saturated heterocycles. The molecule has 148 valence electrons. The number of halogens is 1. The highest BCUT2D eigenvalue weighted by Crippen LogP contribution is 2.28. The highest BCUT2D eigenvalue weighted by molar-refractivity contribution is 9.10. The zero-order valence-electron chi connectivity index (χ0n) is 15.8. The number of benzene rings is 1. The minimum atomic E-state index is -0.748. The smallest absolute Gasteiger partial charge is 0.262 e. The number of carbonyl (C=O) groups is 1. The first-order valence-electron chi connectivity index (χ1n) is 9.53. The number of aromatic nitrogens is 2. The van der Waals surface area contributed by atoms with Crippen LogP contribution in [0.3, 0.4) is 0 Å². The zero-order valence-corrected chi connectivity index (χ0v) is 18.2. The summed E-state index contributed by atoms with van der Waals surface area (Å²) in [4.78, 5) is 30.0. The fourth-order valence-electron chi connectivity index (χ4n) is 3.56. The van der Waals surface area contributed by atoms with Gasteiger partial charge in [0.1, 0.15) is 5.54 Å². The van der Waals surface area contributed by atoms with Gasteiger partial charge in [0.05, 0.1) is 22.7 Å². The molecule has 28 heavy (non-hydrogen) atoms. The van der Waals surface area contributed by atoms with Gasteiger partial charge >= 0.3 is 0 Å². The Hall–Kier alpha value is -1.85. The molecule has 2 aromatic rings. The fourth-order valence-corrected chi connectivity index (χ4v) is 4.74. The molecule has 0 bridgehead atoms. The summed E-state index contributed by atoms with van der Waals surface area (Å²) in [5.41, 5.74) is -0.233. The summed E-state index contributed by atoms with van der Waals surface area (Å²) in [7, 11) is 0. The van der Waals surface area contributed by atoms with E-state index in [9.17, 15) is 14.9 Å². The van der Waals surface area contributed by atoms with Gasteiger partial charge in [-0.15, -0.1) is 0 Å². The van der Waals surface area contributed by atoms with Gasteiger partial charge in [-0.1, -0.05) is 53.9 Å². The maximum atomic E-state index is 12.9. The fraction of sp³-hybridized carbons (Fsp3) is 0.500. The van der Waals surface area contributed by atoms with Gasteiger partial charge in [0.15, 0.2) is 5.16 Å². The number of amides is 1. The molecular weight excluding hydrogens is 440 g/mol. The second-order valence-electron chi connectivity index (χ2n) is 7.10. The van der Waals surface area contributed by atoms with Crippen molar-refractivity contribution in [3.05, 3.63) is 33.0 Å². The first kappa shape index (κ1) is 20.9. The molecule has 1 saturated carbocycles. The minimum Gasteiger partial charge on any atom is -0.337 e. The molecule has 1 heterocycles. The van der Waals surface area contributed by atoms with Gasteiger partial charge in [0.25, 0.3) is 5.56 Å². The van der Waals surface area contributed by atoms with Crippen molar-refractivity contribution < 1.29 is 4.79 Å². The summed E-state index contributed by atoms with van der Waals surface area (Å²) in [6, 6.07) is 7.72. The van der Waals surface area contributed by atoms with Gasteiger partial charge in [-0.05, 0) is 37.5 Å². The summed E-state index contributed by atoms with van der Waals surface area (Å²) < 4.78 is 2.46. The average Bonchev–Trinajstić information content (AvgIpc) is 2.70. The van der Waals surface area contributed by atoms with Crippen LogP contribution in [-0.4, -0.2) is 26.8 Å². The van der Waals surface area contributed by atoms with Crippen LogP contribution in [0.4, 0.5) is 0 Å². The Bertz CT molecular complexity index is 977. The Labute approximate surface area is 176 Å². The number of nitrogens with zero attached hydrogens (tertiary/aromatic N) is 3. The highest BCUT2D eigenvalue weighted by Gasteiger charge is 2.33. The number of carbonyl (C=O) groups excluding carboxylic acids is 1. The third-order valence-corrected chi connectivity index (χ3v) is 6.43. The van der Waals surface area contributed by atoms with E-state index in [0.717, 1.165) is 30.2 Å². The number of thioether (sulfide) groups is 1. The lowest BCUT2D eigenvalue weighted by atomic mass is 9.83. The summed E-state index contributed by atoms with van der Waals surface area (Å²) >= 11 is 4.64. The minimum absolute atomic E-state index is 0.100. The van der Waals surface area contributed by atoms with Crippen molar-refractivity contribution in [3.8, 4) is 6.07 Å². The maximum Gasteiger partial charge on any atom is 0.262 e. The van der Waals surface area contributed by atoms with Crippen LogP contribution in [0, 0.1) is 11.3 Å². The molecule has 8 heteroatoms. The molecule has 1 aliphatic rings. The Morgan fingerprint density at radius 2 is 2.14 bits per heavy atom. The number of hydrogen-bond donors (Lipinski definition) is 1. The van der Waals surface area contributed by atoms with E-state index in [0.29, 0.717) is 35.4 Å². The molecule has 1 aliphatic carbocycles. The van der Waals surface area contributed by atoms with Crippen molar-refractivity contribution in [2.24, 2.45) is 0 Å². The van der Waals surface area contributed by atoms with Crippen LogP contribution in [0.25, 0.3) is 10.9 Å². The van der Waals surface area contributed by atoms with Crippen molar-refractivity contribution in [2.45, 2.75) is 62.7 Å². The monoisotopic (exact) mass is 462 g/mol. The van der Waals surface area contributed by atoms with E-state index in [1.54, 1.807) is 16.7 Å². The predicted molar refractivity (Wildman–Crippen MR) is 114 cm³/mol. The lowest BCUT2D eigenvalue weighted by molar-refractivity contribution is -0.120. The first-order chi connectivity index (χ1) is 13.5. The molecule has 1 aromatic carbocycles. The summed E-state index contributed by atoms with van der Waals surface area (Å²) in [6.07, 6.45) is 5.21. The molecule has 1 N–H and O–H groups in total. The number of hydrogen-bond acceptors (Lipinski definition) is 5. The zero-order chi connectivity index (χ0) is 20.1. The Morgan fingerprint density at radius 1 is 1.39 bits per heavy atom. The van der Waals surface area contributed by atoms with Crippen LogP contribution < -0.4 is 10.9 Å². The third-order valence-electron chi connectivity index (χ3n) is 4.96. The molecule has 0 aliphatic heterocycles. The predicted octanol–water partition coefficient (Wildman–Crippen LogP) is 4.00. The molecule has 6 nitrogen and oxygen atoms in total. The molecule has 1 fully saturated rings. The van der Waals surface area contributed by atoms with Gasteiger partial charge < -0.3 is 5.32 Å². The number of nitriles is 1. The average molecular weight is 463 g/mol. The van der Waals surface area contributed by atoms with Crippen molar-refractivity contribution in [1.29, 1.82) is 5.26 Å². The normalized spacial score (nSPS) is 15.9. The Morgan fingerprint density at radius 3 is 2.82 bits per heavy atom. The molecule has 1 amide bonds. The van der Waals surface area contributed by atoms with Crippen molar-refractivity contribution in [2.75, 3.05) is 5.75 Å². The summed E-state index contributed by atoms with van der Waals surface area (Å²) in [5, 5.41) is 13.5. The number of rotatable bonds is 6. The largest absolute Gasteiger partial charge is 0.337 e. The van der Waals surface area contributed by atoms with Crippen LogP contribution in [0.2, 0.25) is 0 Å². The van der Waals surface area contributed by atoms with E-state index >= 15 is 0 Å². The van der Waals surface area contributed by atoms with Gasteiger partial charge in [-0.25, -0.2) is 4.98 Å². The van der Waals surface area contributed by atoms with Crippen LogP contribution in [-0.2, 0) is 11.3 Å². The topological polar surface area (TPSA) is 87.8 Å². The van der Waals surface area contributed by atoms with E-state index in [1.165, 1.54) is 11.8 Å². The molecule has 1 aromatic heterocycles. The molecule has 3 rings (SSSR count). The number of fused-ring (bicyclic) bond motifs is 1. The molecule has 0 atom stereocenters. The Kier molecular flexibility index (Phi) is 6.78. The maximum absolute atomic E-state index is 12.9. The van der Waals surface area contributed by atoms with E-state index in [2.05, 4.69) is 32.3 Å².